The Morgan fingerprint density at radius 3 is 2.88 bits per heavy atom. The van der Waals surface area contributed by atoms with Gasteiger partial charge in [0.05, 0.1) is 5.52 Å². The van der Waals surface area contributed by atoms with Gasteiger partial charge in [-0.1, -0.05) is 12.1 Å². The molecular weight excluding hydrogens is 200 g/mol. The van der Waals surface area contributed by atoms with Crippen LogP contribution in [0.15, 0.2) is 24.3 Å². The summed E-state index contributed by atoms with van der Waals surface area (Å²) in [4.78, 5) is 3.26. The van der Waals surface area contributed by atoms with Gasteiger partial charge in [0.1, 0.15) is 5.75 Å². The number of aromatic nitrogens is 1. The second-order valence-electron chi connectivity index (χ2n) is 4.90. The molecule has 16 heavy (non-hydrogen) atoms. The standard InChI is InChI=1S/C13H16N2O/c14-13(6-7-13)5-4-10-8-9-2-1-3-11(16)12(9)15-10/h1-3,8,15-16H,4-7,14H2. The molecule has 0 bridgehead atoms. The molecule has 0 atom stereocenters. The molecule has 4 N–H and O–H groups in total. The molecule has 0 amide bonds. The molecule has 0 spiro atoms. The van der Waals surface area contributed by atoms with Gasteiger partial charge in [-0.3, -0.25) is 0 Å². The van der Waals surface area contributed by atoms with Crippen LogP contribution in [0.4, 0.5) is 0 Å². The van der Waals surface area contributed by atoms with E-state index < -0.39 is 0 Å². The van der Waals surface area contributed by atoms with Crippen molar-refractivity contribution < 1.29 is 5.11 Å². The number of nitrogens with two attached hydrogens (primary N) is 1. The van der Waals surface area contributed by atoms with E-state index in [2.05, 4.69) is 11.1 Å². The molecule has 1 heterocycles. The summed E-state index contributed by atoms with van der Waals surface area (Å²) < 4.78 is 0. The van der Waals surface area contributed by atoms with Gasteiger partial charge in [0, 0.05) is 16.6 Å². The van der Waals surface area contributed by atoms with Gasteiger partial charge >= 0.3 is 0 Å². The third-order valence-electron chi connectivity index (χ3n) is 3.47. The van der Waals surface area contributed by atoms with Crippen molar-refractivity contribution in [2.45, 2.75) is 31.2 Å². The lowest BCUT2D eigenvalue weighted by atomic mass is 10.1. The second kappa shape index (κ2) is 3.25. The van der Waals surface area contributed by atoms with Crippen molar-refractivity contribution in [2.75, 3.05) is 0 Å². The van der Waals surface area contributed by atoms with E-state index in [0.29, 0.717) is 5.75 Å². The summed E-state index contributed by atoms with van der Waals surface area (Å²) in [6, 6.07) is 7.67. The van der Waals surface area contributed by atoms with Gasteiger partial charge in [0.15, 0.2) is 0 Å². The third-order valence-corrected chi connectivity index (χ3v) is 3.47. The first-order chi connectivity index (χ1) is 7.66. The number of fused-ring (bicyclic) bond motifs is 1. The molecule has 0 saturated heterocycles. The Balaban J connectivity index is 1.85. The zero-order valence-electron chi connectivity index (χ0n) is 9.16. The van der Waals surface area contributed by atoms with Crippen molar-refractivity contribution >= 4 is 10.9 Å². The van der Waals surface area contributed by atoms with E-state index in [1.54, 1.807) is 6.07 Å². The number of aryl methyl sites for hydroxylation is 1. The molecular formula is C13H16N2O. The first-order valence-electron chi connectivity index (χ1n) is 5.75. The fraction of sp³-hybridized carbons (Fsp3) is 0.385. The van der Waals surface area contributed by atoms with Crippen molar-refractivity contribution in [3.05, 3.63) is 30.0 Å². The molecule has 3 heteroatoms. The van der Waals surface area contributed by atoms with E-state index in [-0.39, 0.29) is 5.54 Å². The molecule has 3 nitrogen and oxygen atoms in total. The van der Waals surface area contributed by atoms with Gasteiger partial charge in [-0.2, -0.15) is 0 Å². The molecule has 1 aromatic carbocycles. The van der Waals surface area contributed by atoms with Crippen molar-refractivity contribution in [3.63, 3.8) is 0 Å². The Labute approximate surface area is 94.3 Å². The lowest BCUT2D eigenvalue weighted by Gasteiger charge is -2.05. The molecule has 1 aliphatic carbocycles. The number of hydrogen-bond acceptors (Lipinski definition) is 2. The summed E-state index contributed by atoms with van der Waals surface area (Å²) in [5.41, 5.74) is 8.14. The maximum atomic E-state index is 9.67. The minimum atomic E-state index is 0.0966. The number of aromatic hydroxyl groups is 1. The summed E-state index contributed by atoms with van der Waals surface area (Å²) in [5, 5.41) is 10.7. The number of H-pyrrole nitrogens is 1. The van der Waals surface area contributed by atoms with Crippen molar-refractivity contribution in [2.24, 2.45) is 5.73 Å². The van der Waals surface area contributed by atoms with Gasteiger partial charge in [0.2, 0.25) is 0 Å². The van der Waals surface area contributed by atoms with Crippen LogP contribution in [-0.2, 0) is 6.42 Å². The first kappa shape index (κ1) is 9.73. The lowest BCUT2D eigenvalue weighted by molar-refractivity contribution is 0.480. The predicted octanol–water partition coefficient (Wildman–Crippen LogP) is 2.30. The van der Waals surface area contributed by atoms with Crippen molar-refractivity contribution in [1.82, 2.24) is 4.98 Å². The number of aromatic amines is 1. The van der Waals surface area contributed by atoms with Gasteiger partial charge in [-0.05, 0) is 37.8 Å². The fourth-order valence-electron chi connectivity index (χ4n) is 2.13. The maximum Gasteiger partial charge on any atom is 0.139 e. The fourth-order valence-corrected chi connectivity index (χ4v) is 2.13. The molecule has 1 fully saturated rings. The van der Waals surface area contributed by atoms with E-state index >= 15 is 0 Å². The minimum Gasteiger partial charge on any atom is -0.506 e. The highest BCUT2D eigenvalue weighted by Crippen LogP contribution is 2.36. The Morgan fingerprint density at radius 1 is 1.38 bits per heavy atom. The molecule has 0 radical (unpaired) electrons. The van der Waals surface area contributed by atoms with Gasteiger partial charge in [-0.25, -0.2) is 0 Å². The largest absolute Gasteiger partial charge is 0.506 e. The smallest absolute Gasteiger partial charge is 0.139 e. The number of hydrogen-bond donors (Lipinski definition) is 3. The zero-order valence-corrected chi connectivity index (χ0v) is 9.16. The summed E-state index contributed by atoms with van der Waals surface area (Å²) in [5.74, 6) is 0.317. The number of phenolic OH excluding ortho intramolecular Hbond substituents is 1. The van der Waals surface area contributed by atoms with Crippen LogP contribution in [0, 0.1) is 0 Å². The molecule has 84 valence electrons. The molecule has 2 aromatic rings. The zero-order chi connectivity index (χ0) is 11.2. The molecule has 0 unspecified atom stereocenters. The first-order valence-corrected chi connectivity index (χ1v) is 5.75. The summed E-state index contributed by atoms with van der Waals surface area (Å²) in [6.07, 6.45) is 4.29. The minimum absolute atomic E-state index is 0.0966. The van der Waals surface area contributed by atoms with E-state index in [1.165, 1.54) is 0 Å². The lowest BCUT2D eigenvalue weighted by Crippen LogP contribution is -2.22. The average molecular weight is 216 g/mol. The van der Waals surface area contributed by atoms with E-state index in [4.69, 9.17) is 5.73 Å². The quantitative estimate of drug-likeness (QED) is 0.737. The summed E-state index contributed by atoms with van der Waals surface area (Å²) >= 11 is 0. The Hall–Kier alpha value is -1.48. The highest BCUT2D eigenvalue weighted by molar-refractivity contribution is 5.85. The van der Waals surface area contributed by atoms with Crippen LogP contribution >= 0.6 is 0 Å². The van der Waals surface area contributed by atoms with E-state index in [9.17, 15) is 5.11 Å². The summed E-state index contributed by atoms with van der Waals surface area (Å²) in [7, 11) is 0. The molecule has 3 rings (SSSR count). The van der Waals surface area contributed by atoms with E-state index in [1.807, 2.05) is 12.1 Å². The third kappa shape index (κ3) is 1.67. The highest BCUT2D eigenvalue weighted by atomic mass is 16.3. The second-order valence-corrected chi connectivity index (χ2v) is 4.90. The van der Waals surface area contributed by atoms with Crippen LogP contribution in [-0.4, -0.2) is 15.6 Å². The van der Waals surface area contributed by atoms with Crippen molar-refractivity contribution in [1.29, 1.82) is 0 Å². The van der Waals surface area contributed by atoms with Gasteiger partial charge in [0.25, 0.3) is 0 Å². The normalized spacial score (nSPS) is 17.8. The Bertz CT molecular complexity index is 526. The van der Waals surface area contributed by atoms with Crippen LogP contribution < -0.4 is 5.73 Å². The Morgan fingerprint density at radius 2 is 2.19 bits per heavy atom. The SMILES string of the molecule is NC1(CCc2cc3cccc(O)c3[nH]2)CC1. The van der Waals surface area contributed by atoms with Crippen LogP contribution in [0.1, 0.15) is 25.0 Å². The maximum absolute atomic E-state index is 9.67. The van der Waals surface area contributed by atoms with Crippen LogP contribution in [0.5, 0.6) is 5.75 Å². The van der Waals surface area contributed by atoms with Crippen LogP contribution in [0.2, 0.25) is 0 Å². The Kier molecular flexibility index (Phi) is 1.98. The number of rotatable bonds is 3. The number of benzene rings is 1. The molecule has 1 aliphatic rings. The van der Waals surface area contributed by atoms with E-state index in [0.717, 1.165) is 42.3 Å². The number of nitrogens with one attached hydrogen (secondary N) is 1. The highest BCUT2D eigenvalue weighted by Gasteiger charge is 2.37. The van der Waals surface area contributed by atoms with Crippen LogP contribution in [0.3, 0.4) is 0 Å². The van der Waals surface area contributed by atoms with Gasteiger partial charge in [-0.15, -0.1) is 0 Å². The molecule has 1 aromatic heterocycles. The molecule has 0 aliphatic heterocycles. The predicted molar refractivity (Wildman–Crippen MR) is 64.4 cm³/mol. The van der Waals surface area contributed by atoms with Gasteiger partial charge < -0.3 is 15.8 Å². The monoisotopic (exact) mass is 216 g/mol. The number of phenols is 1. The number of para-hydroxylation sites is 1. The average Bonchev–Trinajstić information content (AvgIpc) is 2.84. The molecule has 1 saturated carbocycles. The van der Waals surface area contributed by atoms with Crippen molar-refractivity contribution in [3.8, 4) is 5.75 Å². The summed E-state index contributed by atoms with van der Waals surface area (Å²) in [6.45, 7) is 0. The topological polar surface area (TPSA) is 62.0 Å². The van der Waals surface area contributed by atoms with Crippen LogP contribution in [0.25, 0.3) is 10.9 Å².